The van der Waals surface area contributed by atoms with Crippen LogP contribution in [0.25, 0.3) is 12.2 Å². The fourth-order valence-electron chi connectivity index (χ4n) is 1.39. The van der Waals surface area contributed by atoms with Crippen molar-refractivity contribution in [3.05, 3.63) is 53.0 Å². The van der Waals surface area contributed by atoms with Gasteiger partial charge in [-0.1, -0.05) is 12.1 Å². The zero-order valence-electron chi connectivity index (χ0n) is 10.6. The molecule has 0 spiro atoms. The lowest BCUT2D eigenvalue weighted by Gasteiger charge is -1.97. The highest BCUT2D eigenvalue weighted by Crippen LogP contribution is 2.14. The lowest BCUT2D eigenvalue weighted by atomic mass is 10.1. The fourth-order valence-corrected chi connectivity index (χ4v) is 1.51. The minimum Gasteiger partial charge on any atom is -0.445 e. The van der Waals surface area contributed by atoms with Crippen LogP contribution in [-0.2, 0) is 15.5 Å². The average molecular weight is 296 g/mol. The maximum atomic E-state index is 13.5. The summed E-state index contributed by atoms with van der Waals surface area (Å²) in [4.78, 5) is 20.3. The van der Waals surface area contributed by atoms with Gasteiger partial charge in [-0.15, -0.1) is 11.6 Å². The molecule has 0 aliphatic rings. The Morgan fingerprint density at radius 1 is 1.40 bits per heavy atom. The van der Waals surface area contributed by atoms with Crippen LogP contribution >= 0.6 is 11.6 Å². The third-order valence-electron chi connectivity index (χ3n) is 2.27. The molecule has 0 bridgehead atoms. The van der Waals surface area contributed by atoms with Gasteiger partial charge in [0.15, 0.2) is 0 Å². The molecule has 6 heteroatoms. The van der Waals surface area contributed by atoms with Gasteiger partial charge >= 0.3 is 6.15 Å². The van der Waals surface area contributed by atoms with Gasteiger partial charge in [0, 0.05) is 11.6 Å². The van der Waals surface area contributed by atoms with Gasteiger partial charge in [-0.25, -0.2) is 9.37 Å². The van der Waals surface area contributed by atoms with Crippen LogP contribution in [0.3, 0.4) is 0 Å². The number of aromatic nitrogens is 1. The molecule has 0 radical (unpaired) electrons. The second-order valence-electron chi connectivity index (χ2n) is 3.75. The summed E-state index contributed by atoms with van der Waals surface area (Å²) in [6, 6.07) is 5.05. The summed E-state index contributed by atoms with van der Waals surface area (Å²) < 4.78 is 18.6. The third kappa shape index (κ3) is 4.80. The first-order valence-electron chi connectivity index (χ1n) is 5.54. The molecule has 0 atom stereocenters. The Hall–Kier alpha value is -2.23. The van der Waals surface area contributed by atoms with E-state index >= 15 is 0 Å². The predicted octanol–water partition coefficient (Wildman–Crippen LogP) is 3.45. The molecule has 0 aliphatic carbocycles. The molecule has 2 rings (SSSR count). The minimum atomic E-state index is -0.259. The molecule has 2 aromatic rings. The number of alkyl halides is 1. The van der Waals surface area contributed by atoms with Gasteiger partial charge in [0.2, 0.25) is 5.89 Å². The second kappa shape index (κ2) is 8.04. The number of halogens is 2. The Balaban J connectivity index is 0.000000612. The molecule has 0 fully saturated rings. The molecule has 0 amide bonds. The number of nitrogens with zero attached hydrogens (tertiary/aromatic N) is 1. The predicted molar refractivity (Wildman–Crippen MR) is 71.1 cm³/mol. The van der Waals surface area contributed by atoms with Crippen molar-refractivity contribution in [1.82, 2.24) is 4.98 Å². The standard InChI is InChI=1S/C13H11ClFNO.CO2/c1-9-2-3-10(12(15)6-9)4-5-13-16-11(7-14)8-17-13;2-1-3/h2-6,8H,7H2,1H3;/b5-4+;. The van der Waals surface area contributed by atoms with Crippen LogP contribution < -0.4 is 0 Å². The van der Waals surface area contributed by atoms with Gasteiger partial charge in [0.25, 0.3) is 0 Å². The number of hydrogen-bond donors (Lipinski definition) is 0. The van der Waals surface area contributed by atoms with Gasteiger partial charge in [0.1, 0.15) is 12.1 Å². The summed E-state index contributed by atoms with van der Waals surface area (Å²) in [5.74, 6) is 0.460. The molecule has 0 saturated carbocycles. The molecule has 104 valence electrons. The van der Waals surface area contributed by atoms with Gasteiger partial charge in [0.05, 0.1) is 11.6 Å². The summed E-state index contributed by atoms with van der Waals surface area (Å²) in [7, 11) is 0. The third-order valence-corrected chi connectivity index (χ3v) is 2.54. The highest BCUT2D eigenvalue weighted by atomic mass is 35.5. The Morgan fingerprint density at radius 3 is 2.65 bits per heavy atom. The number of benzene rings is 1. The quantitative estimate of drug-likeness (QED) is 0.814. The normalized spacial score (nSPS) is 9.95. The molecule has 1 aromatic carbocycles. The van der Waals surface area contributed by atoms with E-state index in [1.165, 1.54) is 12.3 Å². The molecule has 0 N–H and O–H groups in total. The zero-order chi connectivity index (χ0) is 15.0. The molecule has 20 heavy (non-hydrogen) atoms. The van der Waals surface area contributed by atoms with E-state index in [0.717, 1.165) is 5.56 Å². The Bertz CT molecular complexity index is 631. The van der Waals surface area contributed by atoms with Crippen molar-refractivity contribution in [1.29, 1.82) is 0 Å². The van der Waals surface area contributed by atoms with Crippen molar-refractivity contribution in [2.24, 2.45) is 0 Å². The van der Waals surface area contributed by atoms with Crippen LogP contribution in [0.5, 0.6) is 0 Å². The Morgan fingerprint density at radius 2 is 2.10 bits per heavy atom. The van der Waals surface area contributed by atoms with E-state index < -0.39 is 0 Å². The Kier molecular flexibility index (Phi) is 6.37. The first-order valence-corrected chi connectivity index (χ1v) is 6.08. The lowest BCUT2D eigenvalue weighted by Crippen LogP contribution is -1.83. The minimum absolute atomic E-state index is 0.250. The maximum absolute atomic E-state index is 13.5. The van der Waals surface area contributed by atoms with Crippen molar-refractivity contribution < 1.29 is 18.4 Å². The van der Waals surface area contributed by atoms with Crippen molar-refractivity contribution in [3.8, 4) is 0 Å². The summed E-state index contributed by atoms with van der Waals surface area (Å²) >= 11 is 5.59. The van der Waals surface area contributed by atoms with E-state index in [1.54, 1.807) is 18.2 Å². The fraction of sp³-hybridized carbons (Fsp3) is 0.143. The SMILES string of the molecule is Cc1ccc(/C=C/c2nc(CCl)co2)c(F)c1.O=C=O. The molecule has 4 nitrogen and oxygen atoms in total. The van der Waals surface area contributed by atoms with Crippen molar-refractivity contribution in [3.63, 3.8) is 0 Å². The summed E-state index contributed by atoms with van der Waals surface area (Å²) in [5, 5.41) is 0. The lowest BCUT2D eigenvalue weighted by molar-refractivity contribution is -0.191. The molecular weight excluding hydrogens is 285 g/mol. The largest absolute Gasteiger partial charge is 0.445 e. The Labute approximate surface area is 119 Å². The van der Waals surface area contributed by atoms with Crippen LogP contribution in [0.2, 0.25) is 0 Å². The zero-order valence-corrected chi connectivity index (χ0v) is 11.4. The summed E-state index contributed by atoms with van der Waals surface area (Å²) in [6.07, 6.45) is 4.97. The molecule has 0 saturated heterocycles. The average Bonchev–Trinajstić information content (AvgIpc) is 2.87. The van der Waals surface area contributed by atoms with Gasteiger partial charge < -0.3 is 4.42 Å². The van der Waals surface area contributed by atoms with Crippen LogP contribution in [-0.4, -0.2) is 11.1 Å². The molecule has 0 aliphatic heterocycles. The number of aryl methyl sites for hydroxylation is 1. The first-order chi connectivity index (χ1) is 9.60. The number of rotatable bonds is 3. The van der Waals surface area contributed by atoms with E-state index in [-0.39, 0.29) is 12.0 Å². The summed E-state index contributed by atoms with van der Waals surface area (Å²) in [6.45, 7) is 1.84. The number of hydrogen-bond acceptors (Lipinski definition) is 4. The second-order valence-corrected chi connectivity index (χ2v) is 4.02. The van der Waals surface area contributed by atoms with Gasteiger partial charge in [-0.3, -0.25) is 0 Å². The number of oxazole rings is 1. The van der Waals surface area contributed by atoms with Crippen molar-refractivity contribution >= 4 is 29.9 Å². The van der Waals surface area contributed by atoms with Crippen molar-refractivity contribution in [2.75, 3.05) is 0 Å². The molecule has 1 aromatic heterocycles. The monoisotopic (exact) mass is 295 g/mol. The van der Waals surface area contributed by atoms with Crippen LogP contribution in [0.4, 0.5) is 4.39 Å². The molecular formula is C14H11ClFNO3. The maximum Gasteiger partial charge on any atom is 0.373 e. The van der Waals surface area contributed by atoms with E-state index in [9.17, 15) is 4.39 Å². The van der Waals surface area contributed by atoms with Gasteiger partial charge in [-0.05, 0) is 24.6 Å². The highest BCUT2D eigenvalue weighted by Gasteiger charge is 2.01. The molecule has 0 unspecified atom stereocenters. The van der Waals surface area contributed by atoms with Crippen LogP contribution in [0, 0.1) is 12.7 Å². The van der Waals surface area contributed by atoms with Gasteiger partial charge in [-0.2, -0.15) is 9.59 Å². The van der Waals surface area contributed by atoms with Crippen LogP contribution in [0.15, 0.2) is 28.9 Å². The first kappa shape index (κ1) is 15.8. The van der Waals surface area contributed by atoms with E-state index in [0.29, 0.717) is 23.0 Å². The van der Waals surface area contributed by atoms with Crippen molar-refractivity contribution in [2.45, 2.75) is 12.8 Å². The van der Waals surface area contributed by atoms with E-state index in [1.807, 2.05) is 13.0 Å². The smallest absolute Gasteiger partial charge is 0.373 e. The highest BCUT2D eigenvalue weighted by molar-refractivity contribution is 6.16. The van der Waals surface area contributed by atoms with E-state index in [2.05, 4.69) is 4.98 Å². The van der Waals surface area contributed by atoms with E-state index in [4.69, 9.17) is 25.6 Å². The number of carbonyl (C=O) groups excluding carboxylic acids is 2. The summed E-state index contributed by atoms with van der Waals surface area (Å²) in [5.41, 5.74) is 2.05. The van der Waals surface area contributed by atoms with Crippen LogP contribution in [0.1, 0.15) is 22.7 Å². The molecule has 1 heterocycles. The topological polar surface area (TPSA) is 60.2 Å².